The summed E-state index contributed by atoms with van der Waals surface area (Å²) in [4.78, 5) is 0. The van der Waals surface area contributed by atoms with Crippen LogP contribution in [0.5, 0.6) is 5.75 Å². The van der Waals surface area contributed by atoms with Gasteiger partial charge in [0.05, 0.1) is 12.2 Å². The Morgan fingerprint density at radius 2 is 1.80 bits per heavy atom. The number of aliphatic hydroxyl groups is 1. The average molecular weight is 208 g/mol. The molecule has 0 amide bonds. The highest BCUT2D eigenvalue weighted by Crippen LogP contribution is 2.27. The van der Waals surface area contributed by atoms with Gasteiger partial charge in [-0.15, -0.1) is 0 Å². The van der Waals surface area contributed by atoms with E-state index in [4.69, 9.17) is 4.74 Å². The van der Waals surface area contributed by atoms with E-state index in [1.807, 2.05) is 38.1 Å². The first-order valence-electron chi connectivity index (χ1n) is 5.56. The Morgan fingerprint density at radius 3 is 2.27 bits per heavy atom. The summed E-state index contributed by atoms with van der Waals surface area (Å²) in [5, 5.41) is 10.2. The van der Waals surface area contributed by atoms with Crippen molar-refractivity contribution in [3.8, 4) is 5.75 Å². The maximum absolute atomic E-state index is 10.2. The molecule has 0 saturated carbocycles. The molecule has 1 aromatic carbocycles. The number of hydrogen-bond acceptors (Lipinski definition) is 2. The molecule has 1 N–H and O–H groups in total. The predicted octanol–water partition coefficient (Wildman–Crippen LogP) is 3.09. The van der Waals surface area contributed by atoms with E-state index < -0.39 is 5.60 Å². The van der Waals surface area contributed by atoms with Crippen LogP contribution in [0, 0.1) is 0 Å². The molecule has 0 aromatic heterocycles. The van der Waals surface area contributed by atoms with Crippen molar-refractivity contribution in [1.82, 2.24) is 0 Å². The molecule has 2 heteroatoms. The van der Waals surface area contributed by atoms with Crippen LogP contribution in [0.2, 0.25) is 0 Å². The molecule has 1 rings (SSSR count). The zero-order valence-electron chi connectivity index (χ0n) is 9.79. The second kappa shape index (κ2) is 5.17. The Balaban J connectivity index is 2.78. The van der Waals surface area contributed by atoms with Crippen LogP contribution in [-0.4, -0.2) is 11.7 Å². The minimum Gasteiger partial charge on any atom is -0.494 e. The van der Waals surface area contributed by atoms with Gasteiger partial charge in [0, 0.05) is 0 Å². The maximum atomic E-state index is 10.2. The van der Waals surface area contributed by atoms with Gasteiger partial charge >= 0.3 is 0 Å². The first kappa shape index (κ1) is 12.1. The van der Waals surface area contributed by atoms with Crippen LogP contribution in [-0.2, 0) is 5.60 Å². The van der Waals surface area contributed by atoms with E-state index in [0.29, 0.717) is 6.61 Å². The fraction of sp³-hybridized carbons (Fsp3) is 0.538. The summed E-state index contributed by atoms with van der Waals surface area (Å²) in [6.07, 6.45) is 1.75. The van der Waals surface area contributed by atoms with E-state index >= 15 is 0 Å². The summed E-state index contributed by atoms with van der Waals surface area (Å²) in [5.74, 6) is 0.855. The SMILES string of the molecule is CCCC(C)(O)c1ccc(OCC)cc1. The lowest BCUT2D eigenvalue weighted by molar-refractivity contribution is 0.0469. The van der Waals surface area contributed by atoms with Crippen LogP contribution in [0.3, 0.4) is 0 Å². The summed E-state index contributed by atoms with van der Waals surface area (Å²) in [6.45, 7) is 6.56. The van der Waals surface area contributed by atoms with E-state index in [2.05, 4.69) is 6.92 Å². The molecule has 15 heavy (non-hydrogen) atoms. The van der Waals surface area contributed by atoms with Crippen molar-refractivity contribution in [3.63, 3.8) is 0 Å². The summed E-state index contributed by atoms with van der Waals surface area (Å²) < 4.78 is 5.35. The highest BCUT2D eigenvalue weighted by Gasteiger charge is 2.21. The molecule has 0 aliphatic heterocycles. The molecule has 0 spiro atoms. The van der Waals surface area contributed by atoms with Crippen LogP contribution in [0.1, 0.15) is 39.2 Å². The van der Waals surface area contributed by atoms with Gasteiger partial charge in [-0.25, -0.2) is 0 Å². The molecule has 0 heterocycles. The summed E-state index contributed by atoms with van der Waals surface area (Å²) in [5.41, 5.74) is 0.229. The molecule has 0 fully saturated rings. The average Bonchev–Trinajstić information content (AvgIpc) is 2.19. The van der Waals surface area contributed by atoms with E-state index in [9.17, 15) is 5.11 Å². The van der Waals surface area contributed by atoms with E-state index in [1.165, 1.54) is 0 Å². The topological polar surface area (TPSA) is 29.5 Å². The Hall–Kier alpha value is -1.02. The van der Waals surface area contributed by atoms with Gasteiger partial charge in [0.15, 0.2) is 0 Å². The smallest absolute Gasteiger partial charge is 0.119 e. The summed E-state index contributed by atoms with van der Waals surface area (Å²) in [6, 6.07) is 7.67. The zero-order chi connectivity index (χ0) is 11.3. The summed E-state index contributed by atoms with van der Waals surface area (Å²) in [7, 11) is 0. The van der Waals surface area contributed by atoms with Crippen LogP contribution >= 0.6 is 0 Å². The lowest BCUT2D eigenvalue weighted by Gasteiger charge is -2.23. The molecule has 1 atom stereocenters. The highest BCUT2D eigenvalue weighted by atomic mass is 16.5. The van der Waals surface area contributed by atoms with E-state index in [-0.39, 0.29) is 0 Å². The van der Waals surface area contributed by atoms with Gasteiger partial charge in [0.25, 0.3) is 0 Å². The van der Waals surface area contributed by atoms with Crippen molar-refractivity contribution in [2.75, 3.05) is 6.61 Å². The van der Waals surface area contributed by atoms with Crippen molar-refractivity contribution in [3.05, 3.63) is 29.8 Å². The molecule has 1 unspecified atom stereocenters. The minimum absolute atomic E-state index is 0.671. The standard InChI is InChI=1S/C13H20O2/c1-4-10-13(3,14)11-6-8-12(9-7-11)15-5-2/h6-9,14H,4-5,10H2,1-3H3. The molecule has 0 radical (unpaired) electrons. The molecular formula is C13H20O2. The minimum atomic E-state index is -0.723. The van der Waals surface area contributed by atoms with Crippen molar-refractivity contribution in [2.45, 2.75) is 39.2 Å². The molecule has 84 valence electrons. The van der Waals surface area contributed by atoms with Gasteiger partial charge in [-0.2, -0.15) is 0 Å². The van der Waals surface area contributed by atoms with Crippen molar-refractivity contribution in [1.29, 1.82) is 0 Å². The predicted molar refractivity (Wildman–Crippen MR) is 62.1 cm³/mol. The second-order valence-electron chi connectivity index (χ2n) is 3.98. The Bertz CT molecular complexity index is 288. The van der Waals surface area contributed by atoms with E-state index in [0.717, 1.165) is 24.2 Å². The van der Waals surface area contributed by atoms with Gasteiger partial charge < -0.3 is 9.84 Å². The third-order valence-electron chi connectivity index (χ3n) is 2.52. The molecule has 0 aliphatic rings. The van der Waals surface area contributed by atoms with Gasteiger partial charge in [0.1, 0.15) is 5.75 Å². The molecule has 2 nitrogen and oxygen atoms in total. The third kappa shape index (κ3) is 3.24. The van der Waals surface area contributed by atoms with Crippen LogP contribution in [0.15, 0.2) is 24.3 Å². The Labute approximate surface area is 91.9 Å². The van der Waals surface area contributed by atoms with Crippen LogP contribution < -0.4 is 4.74 Å². The Morgan fingerprint density at radius 1 is 1.20 bits per heavy atom. The number of ether oxygens (including phenoxy) is 1. The first-order chi connectivity index (χ1) is 7.10. The monoisotopic (exact) mass is 208 g/mol. The molecule has 0 aliphatic carbocycles. The van der Waals surface area contributed by atoms with Gasteiger partial charge in [-0.1, -0.05) is 25.5 Å². The van der Waals surface area contributed by atoms with Crippen molar-refractivity contribution < 1.29 is 9.84 Å². The van der Waals surface area contributed by atoms with Gasteiger partial charge in [0.2, 0.25) is 0 Å². The van der Waals surface area contributed by atoms with Gasteiger partial charge in [-0.05, 0) is 38.0 Å². The highest BCUT2D eigenvalue weighted by molar-refractivity contribution is 5.30. The van der Waals surface area contributed by atoms with Crippen molar-refractivity contribution >= 4 is 0 Å². The number of hydrogen-bond donors (Lipinski definition) is 1. The van der Waals surface area contributed by atoms with Crippen LogP contribution in [0.25, 0.3) is 0 Å². The maximum Gasteiger partial charge on any atom is 0.119 e. The van der Waals surface area contributed by atoms with Gasteiger partial charge in [-0.3, -0.25) is 0 Å². The van der Waals surface area contributed by atoms with E-state index in [1.54, 1.807) is 0 Å². The zero-order valence-corrected chi connectivity index (χ0v) is 9.79. The third-order valence-corrected chi connectivity index (χ3v) is 2.52. The quantitative estimate of drug-likeness (QED) is 0.805. The lowest BCUT2D eigenvalue weighted by atomic mass is 9.91. The molecule has 1 aromatic rings. The molecule has 0 bridgehead atoms. The normalized spacial score (nSPS) is 14.7. The number of rotatable bonds is 5. The van der Waals surface area contributed by atoms with Crippen LogP contribution in [0.4, 0.5) is 0 Å². The fourth-order valence-corrected chi connectivity index (χ4v) is 1.71. The molecule has 0 saturated heterocycles. The Kier molecular flexibility index (Phi) is 4.15. The number of benzene rings is 1. The second-order valence-corrected chi connectivity index (χ2v) is 3.98. The largest absolute Gasteiger partial charge is 0.494 e. The fourth-order valence-electron chi connectivity index (χ4n) is 1.71. The molecular weight excluding hydrogens is 188 g/mol. The summed E-state index contributed by atoms with van der Waals surface area (Å²) >= 11 is 0. The van der Waals surface area contributed by atoms with Crippen molar-refractivity contribution in [2.24, 2.45) is 0 Å². The lowest BCUT2D eigenvalue weighted by Crippen LogP contribution is -2.20. The first-order valence-corrected chi connectivity index (χ1v) is 5.56.